The summed E-state index contributed by atoms with van der Waals surface area (Å²) in [5.41, 5.74) is 1.47. The van der Waals surface area contributed by atoms with E-state index in [-0.39, 0.29) is 18.6 Å². The average molecular weight is 589 g/mol. The van der Waals surface area contributed by atoms with E-state index < -0.39 is 36.0 Å². The van der Waals surface area contributed by atoms with Crippen LogP contribution in [0, 0.1) is 0 Å². The van der Waals surface area contributed by atoms with E-state index in [1.165, 1.54) is 0 Å². The van der Waals surface area contributed by atoms with Gasteiger partial charge in [0.15, 0.2) is 8.24 Å². The van der Waals surface area contributed by atoms with Gasteiger partial charge >= 0.3 is 6.09 Å². The molecule has 0 saturated heterocycles. The maximum absolute atomic E-state index is 12.6. The number of hydrogen-bond donors (Lipinski definition) is 2. The summed E-state index contributed by atoms with van der Waals surface area (Å²) in [5, 5.41) is 22.1. The monoisotopic (exact) mass is 587 g/mol. The predicted octanol–water partition coefficient (Wildman–Crippen LogP) is 5.89. The van der Waals surface area contributed by atoms with E-state index in [4.69, 9.17) is 4.98 Å². The molecule has 1 saturated carbocycles. The highest BCUT2D eigenvalue weighted by Gasteiger charge is 2.53. The van der Waals surface area contributed by atoms with Gasteiger partial charge in [-0.2, -0.15) is 0 Å². The van der Waals surface area contributed by atoms with Crippen molar-refractivity contribution < 1.29 is 23.4 Å². The van der Waals surface area contributed by atoms with Crippen molar-refractivity contribution in [3.05, 3.63) is 28.5 Å². The first-order valence-corrected chi connectivity index (χ1v) is 16.9. The minimum Gasteiger partial charge on any atom is -0.464 e. The summed E-state index contributed by atoms with van der Waals surface area (Å²) in [7, 11) is -6.06. The SMILES string of the molecule is CCCS(=O)(=O)N(C(=O)O)C1CC(O)(c2c(Br)cnc3c2ccn3[Si](C(C)C)(C(C)C)C(C)C)C1. The van der Waals surface area contributed by atoms with Crippen LogP contribution in [0.2, 0.25) is 16.6 Å². The number of carboxylic acid groups (broad SMARTS) is 1. The molecule has 0 spiro atoms. The highest BCUT2D eigenvalue weighted by molar-refractivity contribution is 9.10. The molecule has 0 unspecified atom stereocenters. The standard InChI is InChI=1S/C24H38BrN3O5SSi/c1-8-11-34(32,33)28(23(29)30)18-12-24(31,13-18)21-19-9-10-27(22(19)26-14-20(21)25)35(15(2)3,16(4)5)17(6)7/h9-10,14-18,31H,8,11-13H2,1-7H3,(H,29,30). The third kappa shape index (κ3) is 4.46. The van der Waals surface area contributed by atoms with E-state index >= 15 is 0 Å². The molecule has 1 aliphatic carbocycles. The Bertz CT molecular complexity index is 1180. The Morgan fingerprint density at radius 2 is 1.77 bits per heavy atom. The predicted molar refractivity (Wildman–Crippen MR) is 145 cm³/mol. The van der Waals surface area contributed by atoms with E-state index in [2.05, 4.69) is 67.9 Å². The molecular weight excluding hydrogens is 550 g/mol. The molecule has 8 nitrogen and oxygen atoms in total. The zero-order valence-corrected chi connectivity index (χ0v) is 25.0. The van der Waals surface area contributed by atoms with Crippen molar-refractivity contribution in [2.45, 2.75) is 96.0 Å². The van der Waals surface area contributed by atoms with Crippen LogP contribution in [-0.2, 0) is 15.6 Å². The molecule has 0 atom stereocenters. The van der Waals surface area contributed by atoms with Gasteiger partial charge in [0.25, 0.3) is 0 Å². The smallest absolute Gasteiger partial charge is 0.421 e. The van der Waals surface area contributed by atoms with Gasteiger partial charge in [0.05, 0.1) is 17.4 Å². The van der Waals surface area contributed by atoms with Crippen molar-refractivity contribution in [2.75, 3.05) is 5.75 Å². The molecule has 0 aromatic carbocycles. The van der Waals surface area contributed by atoms with E-state index in [1.54, 1.807) is 13.1 Å². The van der Waals surface area contributed by atoms with Gasteiger partial charge in [0, 0.05) is 34.5 Å². The second kappa shape index (κ2) is 9.79. The molecule has 2 aromatic rings. The van der Waals surface area contributed by atoms with Crippen LogP contribution in [0.4, 0.5) is 4.79 Å². The lowest BCUT2D eigenvalue weighted by Gasteiger charge is -2.47. The molecule has 3 rings (SSSR count). The van der Waals surface area contributed by atoms with Gasteiger partial charge in [-0.25, -0.2) is 22.5 Å². The fraction of sp³-hybridized carbons (Fsp3) is 0.667. The number of aliphatic hydroxyl groups is 1. The van der Waals surface area contributed by atoms with Crippen molar-refractivity contribution in [2.24, 2.45) is 0 Å². The van der Waals surface area contributed by atoms with Crippen LogP contribution >= 0.6 is 15.9 Å². The van der Waals surface area contributed by atoms with Crippen molar-refractivity contribution in [3.63, 3.8) is 0 Å². The third-order valence-corrected chi connectivity index (χ3v) is 17.1. The number of nitrogens with zero attached hydrogens (tertiary/aromatic N) is 3. The first-order valence-electron chi connectivity index (χ1n) is 12.3. The number of carbonyl (C=O) groups is 1. The normalized spacial score (nSPS) is 21.2. The van der Waals surface area contributed by atoms with Crippen LogP contribution < -0.4 is 0 Å². The van der Waals surface area contributed by atoms with Crippen molar-refractivity contribution in [3.8, 4) is 0 Å². The summed E-state index contributed by atoms with van der Waals surface area (Å²) in [5.74, 6) is -0.243. The lowest BCUT2D eigenvalue weighted by Crippen LogP contribution is -2.57. The van der Waals surface area contributed by atoms with Crippen molar-refractivity contribution in [1.29, 1.82) is 0 Å². The number of amides is 1. The summed E-state index contributed by atoms with van der Waals surface area (Å²) in [4.78, 5) is 16.6. The van der Waals surface area contributed by atoms with Crippen LogP contribution in [0.1, 0.15) is 73.3 Å². The molecule has 35 heavy (non-hydrogen) atoms. The van der Waals surface area contributed by atoms with Gasteiger partial charge in [0.2, 0.25) is 10.0 Å². The molecule has 2 heterocycles. The number of fused-ring (bicyclic) bond motifs is 1. The first kappa shape index (κ1) is 28.1. The zero-order chi connectivity index (χ0) is 26.5. The topological polar surface area (TPSA) is 113 Å². The van der Waals surface area contributed by atoms with Crippen LogP contribution in [0.5, 0.6) is 0 Å². The lowest BCUT2D eigenvalue weighted by molar-refractivity contribution is -0.0755. The number of halogens is 1. The number of hydrogen-bond acceptors (Lipinski definition) is 5. The molecule has 2 aromatic heterocycles. The Labute approximate surface area is 218 Å². The Balaban J connectivity index is 2.10. The number of pyridine rings is 1. The van der Waals surface area contributed by atoms with Gasteiger partial charge < -0.3 is 14.4 Å². The van der Waals surface area contributed by atoms with E-state index in [9.17, 15) is 23.4 Å². The Morgan fingerprint density at radius 1 is 1.23 bits per heavy atom. The minimum atomic E-state index is -3.96. The molecule has 1 fully saturated rings. The Hall–Kier alpha value is -1.43. The molecule has 2 N–H and O–H groups in total. The largest absolute Gasteiger partial charge is 0.464 e. The van der Waals surface area contributed by atoms with Crippen LogP contribution in [-0.4, -0.2) is 58.3 Å². The van der Waals surface area contributed by atoms with E-state index in [1.807, 2.05) is 6.07 Å². The van der Waals surface area contributed by atoms with Crippen molar-refractivity contribution >= 4 is 51.3 Å². The summed E-state index contributed by atoms with van der Waals surface area (Å²) in [6, 6.07) is 1.19. The molecule has 0 radical (unpaired) electrons. The molecule has 0 aliphatic heterocycles. The lowest BCUT2D eigenvalue weighted by atomic mass is 9.71. The Kier molecular flexibility index (Phi) is 7.87. The Morgan fingerprint density at radius 3 is 2.23 bits per heavy atom. The summed E-state index contributed by atoms with van der Waals surface area (Å²) in [6.45, 7) is 15.4. The van der Waals surface area contributed by atoms with Crippen LogP contribution in [0.3, 0.4) is 0 Å². The van der Waals surface area contributed by atoms with Gasteiger partial charge in [-0.05, 0) is 51.2 Å². The molecule has 196 valence electrons. The minimum absolute atomic E-state index is 0.00620. The second-order valence-corrected chi connectivity index (χ2v) is 19.3. The summed E-state index contributed by atoms with van der Waals surface area (Å²) >= 11 is 3.56. The summed E-state index contributed by atoms with van der Waals surface area (Å²) in [6.07, 6.45) is 2.62. The van der Waals surface area contributed by atoms with Gasteiger partial charge in [0.1, 0.15) is 5.65 Å². The fourth-order valence-electron chi connectivity index (χ4n) is 6.63. The van der Waals surface area contributed by atoms with Crippen LogP contribution in [0.25, 0.3) is 11.0 Å². The maximum Gasteiger partial charge on any atom is 0.421 e. The fourth-order valence-corrected chi connectivity index (χ4v) is 15.4. The molecule has 0 bridgehead atoms. The molecule has 1 aliphatic rings. The van der Waals surface area contributed by atoms with Gasteiger partial charge in [-0.3, -0.25) is 0 Å². The first-order chi connectivity index (χ1) is 16.1. The van der Waals surface area contributed by atoms with Crippen molar-refractivity contribution in [1.82, 2.24) is 13.5 Å². The maximum atomic E-state index is 12.6. The second-order valence-electron chi connectivity index (χ2n) is 10.7. The van der Waals surface area contributed by atoms with Gasteiger partial charge in [-0.1, -0.05) is 48.5 Å². The average Bonchev–Trinajstić information content (AvgIpc) is 3.09. The number of aromatic nitrogens is 2. The highest BCUT2D eigenvalue weighted by Crippen LogP contribution is 2.50. The van der Waals surface area contributed by atoms with E-state index in [0.29, 0.717) is 37.4 Å². The molecular formula is C24H38BrN3O5SSi. The highest BCUT2D eigenvalue weighted by atomic mass is 79.9. The number of sulfonamides is 1. The molecule has 1 amide bonds. The summed E-state index contributed by atoms with van der Waals surface area (Å²) < 4.78 is 28.7. The van der Waals surface area contributed by atoms with Gasteiger partial charge in [-0.15, -0.1) is 0 Å². The van der Waals surface area contributed by atoms with E-state index in [0.717, 1.165) is 11.0 Å². The third-order valence-electron chi connectivity index (χ3n) is 7.75. The molecule has 11 heteroatoms. The number of rotatable bonds is 9. The zero-order valence-electron chi connectivity index (χ0n) is 21.6. The van der Waals surface area contributed by atoms with Crippen LogP contribution in [0.15, 0.2) is 22.9 Å². The quantitative estimate of drug-likeness (QED) is 0.353.